The minimum atomic E-state index is -0.196. The third kappa shape index (κ3) is 2.87. The Balaban J connectivity index is 2.18. The van der Waals surface area contributed by atoms with Crippen molar-refractivity contribution in [3.05, 3.63) is 34.9 Å². The number of methoxy groups -OCH3 is 1. The van der Waals surface area contributed by atoms with Crippen LogP contribution in [-0.2, 0) is 9.53 Å². The number of ether oxygens (including phenoxy) is 1. The summed E-state index contributed by atoms with van der Waals surface area (Å²) in [7, 11) is 1.44. The van der Waals surface area contributed by atoms with E-state index >= 15 is 0 Å². The Morgan fingerprint density at radius 1 is 1.39 bits per heavy atom. The van der Waals surface area contributed by atoms with Crippen LogP contribution in [0.3, 0.4) is 0 Å². The van der Waals surface area contributed by atoms with Crippen molar-refractivity contribution in [1.82, 2.24) is 5.32 Å². The van der Waals surface area contributed by atoms with E-state index in [1.165, 1.54) is 23.8 Å². The van der Waals surface area contributed by atoms with Crippen LogP contribution in [0.25, 0.3) is 0 Å². The number of hydrogen-bond donors (Lipinski definition) is 1. The lowest BCUT2D eigenvalue weighted by Crippen LogP contribution is -2.46. The van der Waals surface area contributed by atoms with E-state index in [1.54, 1.807) is 11.8 Å². The summed E-state index contributed by atoms with van der Waals surface area (Å²) in [5.74, 6) is 1.61. The maximum atomic E-state index is 11.6. The van der Waals surface area contributed by atoms with Gasteiger partial charge in [0.15, 0.2) is 0 Å². The summed E-state index contributed by atoms with van der Waals surface area (Å²) in [6.45, 7) is 4.21. The molecule has 1 aliphatic heterocycles. The first-order valence-corrected chi connectivity index (χ1v) is 7.26. The first kappa shape index (κ1) is 13.4. The van der Waals surface area contributed by atoms with Crippen LogP contribution in [0.4, 0.5) is 0 Å². The van der Waals surface area contributed by atoms with Crippen molar-refractivity contribution in [2.75, 3.05) is 18.6 Å². The van der Waals surface area contributed by atoms with Crippen molar-refractivity contribution in [3.63, 3.8) is 0 Å². The fourth-order valence-corrected chi connectivity index (χ4v) is 3.35. The molecule has 0 bridgehead atoms. The van der Waals surface area contributed by atoms with E-state index < -0.39 is 0 Å². The van der Waals surface area contributed by atoms with Gasteiger partial charge in [-0.25, -0.2) is 0 Å². The van der Waals surface area contributed by atoms with Crippen molar-refractivity contribution in [1.29, 1.82) is 0 Å². The van der Waals surface area contributed by atoms with Crippen LogP contribution in [0.1, 0.15) is 22.7 Å². The van der Waals surface area contributed by atoms with Crippen LogP contribution >= 0.6 is 11.8 Å². The van der Waals surface area contributed by atoms with Gasteiger partial charge in [-0.05, 0) is 25.0 Å². The molecule has 0 aliphatic carbocycles. The standard InChI is InChI=1S/C14H19NO2S/c1-9-4-5-10(2)11(6-9)12-7-18-8-13(15-12)14(16)17-3/h4-6,12-13,15H,7-8H2,1-3H3. The lowest BCUT2D eigenvalue weighted by molar-refractivity contribution is -0.142. The molecule has 0 aromatic heterocycles. The maximum absolute atomic E-state index is 11.6. The van der Waals surface area contributed by atoms with Gasteiger partial charge in [0, 0.05) is 17.5 Å². The molecule has 98 valence electrons. The van der Waals surface area contributed by atoms with Crippen molar-refractivity contribution < 1.29 is 9.53 Å². The maximum Gasteiger partial charge on any atom is 0.323 e. The predicted molar refractivity (Wildman–Crippen MR) is 74.9 cm³/mol. The zero-order chi connectivity index (χ0) is 13.1. The monoisotopic (exact) mass is 265 g/mol. The number of benzene rings is 1. The molecule has 2 atom stereocenters. The Hall–Kier alpha value is -1.00. The summed E-state index contributed by atoms with van der Waals surface area (Å²) >= 11 is 1.80. The fraction of sp³-hybridized carbons (Fsp3) is 0.500. The fourth-order valence-electron chi connectivity index (χ4n) is 2.24. The second-order valence-electron chi connectivity index (χ2n) is 4.69. The molecule has 1 aromatic carbocycles. The second-order valence-corrected chi connectivity index (χ2v) is 5.77. The zero-order valence-electron chi connectivity index (χ0n) is 11.0. The lowest BCUT2D eigenvalue weighted by Gasteiger charge is -2.30. The summed E-state index contributed by atoms with van der Waals surface area (Å²) < 4.78 is 4.81. The van der Waals surface area contributed by atoms with Crippen LogP contribution in [0.15, 0.2) is 18.2 Å². The van der Waals surface area contributed by atoms with E-state index in [0.29, 0.717) is 0 Å². The molecule has 1 aromatic rings. The summed E-state index contributed by atoms with van der Waals surface area (Å²) in [6.07, 6.45) is 0. The van der Waals surface area contributed by atoms with Crippen LogP contribution in [0, 0.1) is 13.8 Å². The van der Waals surface area contributed by atoms with E-state index in [-0.39, 0.29) is 18.1 Å². The largest absolute Gasteiger partial charge is 0.468 e. The Morgan fingerprint density at radius 3 is 2.89 bits per heavy atom. The molecule has 2 unspecified atom stereocenters. The summed E-state index contributed by atoms with van der Waals surface area (Å²) in [6, 6.07) is 6.49. The minimum absolute atomic E-state index is 0.169. The van der Waals surface area contributed by atoms with Gasteiger partial charge in [-0.3, -0.25) is 10.1 Å². The van der Waals surface area contributed by atoms with E-state index in [9.17, 15) is 4.79 Å². The SMILES string of the molecule is COC(=O)C1CSCC(c2cc(C)ccc2C)N1. The smallest absolute Gasteiger partial charge is 0.323 e. The van der Waals surface area contributed by atoms with Gasteiger partial charge in [-0.1, -0.05) is 23.8 Å². The Labute approximate surface area is 112 Å². The van der Waals surface area contributed by atoms with Gasteiger partial charge in [0.2, 0.25) is 0 Å². The quantitative estimate of drug-likeness (QED) is 0.832. The van der Waals surface area contributed by atoms with Gasteiger partial charge in [0.05, 0.1) is 7.11 Å². The first-order valence-electron chi connectivity index (χ1n) is 6.10. The molecular weight excluding hydrogens is 246 g/mol. The number of esters is 1. The van der Waals surface area contributed by atoms with Crippen molar-refractivity contribution in [2.45, 2.75) is 25.9 Å². The Kier molecular flexibility index (Phi) is 4.30. The highest BCUT2D eigenvalue weighted by Gasteiger charge is 2.28. The predicted octanol–water partition coefficient (Wildman–Crippen LogP) is 2.22. The van der Waals surface area contributed by atoms with Crippen LogP contribution in [-0.4, -0.2) is 30.6 Å². The molecule has 0 saturated carbocycles. The van der Waals surface area contributed by atoms with Crippen LogP contribution in [0.2, 0.25) is 0 Å². The van der Waals surface area contributed by atoms with Crippen molar-refractivity contribution in [2.24, 2.45) is 0 Å². The third-order valence-corrected chi connectivity index (χ3v) is 4.41. The number of carbonyl (C=O) groups excluding carboxylic acids is 1. The molecule has 18 heavy (non-hydrogen) atoms. The molecule has 1 heterocycles. The molecule has 1 N–H and O–H groups in total. The topological polar surface area (TPSA) is 38.3 Å². The van der Waals surface area contributed by atoms with E-state index in [1.807, 2.05) is 0 Å². The highest BCUT2D eigenvalue weighted by molar-refractivity contribution is 7.99. The summed E-state index contributed by atoms with van der Waals surface area (Å²) in [5.41, 5.74) is 3.81. The van der Waals surface area contributed by atoms with E-state index in [4.69, 9.17) is 4.74 Å². The average molecular weight is 265 g/mol. The van der Waals surface area contributed by atoms with Gasteiger partial charge in [0.1, 0.15) is 6.04 Å². The van der Waals surface area contributed by atoms with Crippen molar-refractivity contribution >= 4 is 17.7 Å². The number of carbonyl (C=O) groups is 1. The van der Waals surface area contributed by atoms with Gasteiger partial charge in [-0.2, -0.15) is 11.8 Å². The number of rotatable bonds is 2. The number of hydrogen-bond acceptors (Lipinski definition) is 4. The molecular formula is C14H19NO2S. The Morgan fingerprint density at radius 2 is 2.17 bits per heavy atom. The summed E-state index contributed by atoms with van der Waals surface area (Å²) in [4.78, 5) is 11.6. The number of aryl methyl sites for hydroxylation is 2. The molecule has 1 aliphatic rings. The van der Waals surface area contributed by atoms with Crippen molar-refractivity contribution in [3.8, 4) is 0 Å². The van der Waals surface area contributed by atoms with E-state index in [0.717, 1.165) is 11.5 Å². The molecule has 1 fully saturated rings. The molecule has 0 spiro atoms. The highest BCUT2D eigenvalue weighted by atomic mass is 32.2. The average Bonchev–Trinajstić information content (AvgIpc) is 2.40. The molecule has 4 heteroatoms. The lowest BCUT2D eigenvalue weighted by atomic mass is 9.99. The van der Waals surface area contributed by atoms with Gasteiger partial charge in [0.25, 0.3) is 0 Å². The molecule has 0 radical (unpaired) electrons. The second kappa shape index (κ2) is 5.76. The molecule has 1 saturated heterocycles. The van der Waals surface area contributed by atoms with Crippen LogP contribution in [0.5, 0.6) is 0 Å². The highest BCUT2D eigenvalue weighted by Crippen LogP contribution is 2.27. The molecule has 3 nitrogen and oxygen atoms in total. The number of thioether (sulfide) groups is 1. The third-order valence-electron chi connectivity index (χ3n) is 3.27. The van der Waals surface area contributed by atoms with E-state index in [2.05, 4.69) is 37.4 Å². The first-order chi connectivity index (χ1) is 8.61. The van der Waals surface area contributed by atoms with Gasteiger partial charge in [-0.15, -0.1) is 0 Å². The molecule has 2 rings (SSSR count). The molecule has 0 amide bonds. The zero-order valence-corrected chi connectivity index (χ0v) is 11.8. The van der Waals surface area contributed by atoms with Crippen LogP contribution < -0.4 is 5.32 Å². The van der Waals surface area contributed by atoms with Gasteiger partial charge < -0.3 is 4.74 Å². The normalized spacial score (nSPS) is 23.7. The Bertz CT molecular complexity index is 447. The van der Waals surface area contributed by atoms with Gasteiger partial charge >= 0.3 is 5.97 Å². The number of nitrogens with one attached hydrogen (secondary N) is 1. The minimum Gasteiger partial charge on any atom is -0.468 e. The summed E-state index contributed by atoms with van der Waals surface area (Å²) in [5, 5.41) is 3.39.